The minimum Gasteiger partial charge on any atom is -0.344 e. The Bertz CT molecular complexity index is 525. The van der Waals surface area contributed by atoms with Crippen molar-refractivity contribution in [2.45, 2.75) is 70.5 Å². The Balaban J connectivity index is 1.77. The number of hydrogen-bond donors (Lipinski definition) is 1. The van der Waals surface area contributed by atoms with E-state index in [0.29, 0.717) is 17.8 Å². The number of piperidine rings is 1. The first kappa shape index (κ1) is 14.5. The molecule has 1 N–H and O–H groups in total. The van der Waals surface area contributed by atoms with Crippen LogP contribution in [0.4, 0.5) is 0 Å². The third-order valence-electron chi connectivity index (χ3n) is 4.62. The summed E-state index contributed by atoms with van der Waals surface area (Å²) in [7, 11) is 0. The van der Waals surface area contributed by atoms with Crippen LogP contribution in [0.2, 0.25) is 0 Å². The molecular weight excluding hydrogens is 268 g/mol. The van der Waals surface area contributed by atoms with Crippen molar-refractivity contribution < 1.29 is 9.32 Å². The van der Waals surface area contributed by atoms with E-state index >= 15 is 0 Å². The summed E-state index contributed by atoms with van der Waals surface area (Å²) < 4.78 is 5.51. The molecule has 2 saturated heterocycles. The number of fused-ring (bicyclic) bond motifs is 1. The Morgan fingerprint density at radius 2 is 2.14 bits per heavy atom. The monoisotopic (exact) mass is 292 g/mol. The SMILES string of the molecule is CC(=O)NC(C)(C)c1noc(C2CCC3CCCCN32)n1. The molecule has 0 aromatic carbocycles. The molecule has 2 atom stereocenters. The zero-order valence-electron chi connectivity index (χ0n) is 13.1. The van der Waals surface area contributed by atoms with Gasteiger partial charge in [-0.25, -0.2) is 0 Å². The summed E-state index contributed by atoms with van der Waals surface area (Å²) in [5.41, 5.74) is -0.604. The van der Waals surface area contributed by atoms with Gasteiger partial charge in [0.25, 0.3) is 0 Å². The standard InChI is InChI=1S/C15H24N4O2/c1-10(20)17-15(2,3)14-16-13(21-18-14)12-8-7-11-6-4-5-9-19(11)12/h11-12H,4-9H2,1-3H3,(H,17,20). The molecule has 0 bridgehead atoms. The molecule has 116 valence electrons. The number of nitrogens with one attached hydrogen (secondary N) is 1. The van der Waals surface area contributed by atoms with Crippen molar-refractivity contribution in [3.8, 4) is 0 Å². The number of hydrogen-bond acceptors (Lipinski definition) is 5. The van der Waals surface area contributed by atoms with Crippen LogP contribution in [0.5, 0.6) is 0 Å². The van der Waals surface area contributed by atoms with Crippen molar-refractivity contribution in [3.63, 3.8) is 0 Å². The topological polar surface area (TPSA) is 71.3 Å². The summed E-state index contributed by atoms with van der Waals surface area (Å²) in [6.45, 7) is 6.41. The first-order valence-corrected chi connectivity index (χ1v) is 7.86. The summed E-state index contributed by atoms with van der Waals surface area (Å²) in [6, 6.07) is 0.937. The molecule has 2 aliphatic rings. The average molecular weight is 292 g/mol. The van der Waals surface area contributed by atoms with Crippen molar-refractivity contribution >= 4 is 5.91 Å². The number of carbonyl (C=O) groups excluding carboxylic acids is 1. The average Bonchev–Trinajstić information content (AvgIpc) is 3.03. The van der Waals surface area contributed by atoms with Gasteiger partial charge in [-0.15, -0.1) is 0 Å². The van der Waals surface area contributed by atoms with Gasteiger partial charge in [0.15, 0.2) is 5.82 Å². The lowest BCUT2D eigenvalue weighted by atomic mass is 10.0. The maximum atomic E-state index is 11.3. The predicted molar refractivity (Wildman–Crippen MR) is 77.5 cm³/mol. The van der Waals surface area contributed by atoms with E-state index in [-0.39, 0.29) is 11.9 Å². The number of rotatable bonds is 3. The van der Waals surface area contributed by atoms with Gasteiger partial charge >= 0.3 is 0 Å². The normalized spacial score (nSPS) is 26.6. The van der Waals surface area contributed by atoms with Gasteiger partial charge < -0.3 is 9.84 Å². The molecule has 2 fully saturated rings. The van der Waals surface area contributed by atoms with Crippen LogP contribution >= 0.6 is 0 Å². The van der Waals surface area contributed by atoms with E-state index in [1.807, 2.05) is 13.8 Å². The predicted octanol–water partition coefficient (Wildman–Crippen LogP) is 2.13. The Hall–Kier alpha value is -1.43. The van der Waals surface area contributed by atoms with Crippen LogP contribution in [0.25, 0.3) is 0 Å². The fourth-order valence-corrected chi connectivity index (χ4v) is 3.65. The molecule has 0 aliphatic carbocycles. The lowest BCUT2D eigenvalue weighted by molar-refractivity contribution is -0.120. The molecule has 2 unspecified atom stereocenters. The second-order valence-electron chi connectivity index (χ2n) is 6.74. The Morgan fingerprint density at radius 3 is 2.90 bits per heavy atom. The van der Waals surface area contributed by atoms with Crippen LogP contribution in [0.1, 0.15) is 70.6 Å². The van der Waals surface area contributed by atoms with E-state index in [1.54, 1.807) is 0 Å². The largest absolute Gasteiger partial charge is 0.344 e. The molecule has 0 spiro atoms. The molecule has 6 nitrogen and oxygen atoms in total. The highest BCUT2D eigenvalue weighted by Crippen LogP contribution is 2.39. The zero-order valence-corrected chi connectivity index (χ0v) is 13.1. The van der Waals surface area contributed by atoms with Crippen LogP contribution in [0.3, 0.4) is 0 Å². The lowest BCUT2D eigenvalue weighted by Crippen LogP contribution is -2.40. The zero-order chi connectivity index (χ0) is 15.0. The molecule has 6 heteroatoms. The third kappa shape index (κ3) is 2.81. The summed E-state index contributed by atoms with van der Waals surface area (Å²) in [4.78, 5) is 18.4. The van der Waals surface area contributed by atoms with Crippen LogP contribution in [0, 0.1) is 0 Å². The van der Waals surface area contributed by atoms with Crippen molar-refractivity contribution in [2.75, 3.05) is 6.54 Å². The van der Waals surface area contributed by atoms with Crippen LogP contribution in [-0.4, -0.2) is 33.5 Å². The highest BCUT2D eigenvalue weighted by molar-refractivity contribution is 5.73. The number of aromatic nitrogens is 2. The lowest BCUT2D eigenvalue weighted by Gasteiger charge is -2.32. The minimum absolute atomic E-state index is 0.0942. The number of carbonyl (C=O) groups is 1. The van der Waals surface area contributed by atoms with E-state index in [4.69, 9.17) is 4.52 Å². The quantitative estimate of drug-likeness (QED) is 0.924. The highest BCUT2D eigenvalue weighted by atomic mass is 16.5. The van der Waals surface area contributed by atoms with Crippen LogP contribution < -0.4 is 5.32 Å². The molecule has 3 heterocycles. The van der Waals surface area contributed by atoms with Gasteiger partial charge in [0.2, 0.25) is 11.8 Å². The molecule has 1 amide bonds. The molecule has 3 rings (SSSR count). The van der Waals surface area contributed by atoms with Gasteiger partial charge in [-0.2, -0.15) is 4.98 Å². The van der Waals surface area contributed by atoms with Gasteiger partial charge in [-0.1, -0.05) is 11.6 Å². The maximum Gasteiger partial charge on any atom is 0.244 e. The molecule has 2 aliphatic heterocycles. The third-order valence-corrected chi connectivity index (χ3v) is 4.62. The molecule has 1 aromatic heterocycles. The Morgan fingerprint density at radius 1 is 1.33 bits per heavy atom. The van der Waals surface area contributed by atoms with E-state index in [9.17, 15) is 4.79 Å². The minimum atomic E-state index is -0.604. The van der Waals surface area contributed by atoms with E-state index < -0.39 is 5.54 Å². The second kappa shape index (κ2) is 5.40. The van der Waals surface area contributed by atoms with Crippen LogP contribution in [-0.2, 0) is 10.3 Å². The summed E-state index contributed by atoms with van der Waals surface area (Å²) in [6.07, 6.45) is 6.18. The Labute approximate surface area is 125 Å². The fraction of sp³-hybridized carbons (Fsp3) is 0.800. The van der Waals surface area contributed by atoms with E-state index in [2.05, 4.69) is 20.4 Å². The molecule has 21 heavy (non-hydrogen) atoms. The first-order chi connectivity index (χ1) is 9.97. The Kier molecular flexibility index (Phi) is 3.73. The van der Waals surface area contributed by atoms with Crippen LogP contribution in [0.15, 0.2) is 4.52 Å². The summed E-state index contributed by atoms with van der Waals surface area (Å²) >= 11 is 0. The van der Waals surface area contributed by atoms with Crippen molar-refractivity contribution in [1.29, 1.82) is 0 Å². The van der Waals surface area contributed by atoms with Gasteiger partial charge in [-0.3, -0.25) is 9.69 Å². The van der Waals surface area contributed by atoms with Gasteiger partial charge in [0.1, 0.15) is 0 Å². The maximum absolute atomic E-state index is 11.3. The van der Waals surface area contributed by atoms with Crippen molar-refractivity contribution in [2.24, 2.45) is 0 Å². The smallest absolute Gasteiger partial charge is 0.244 e. The first-order valence-electron chi connectivity index (χ1n) is 7.86. The molecule has 1 aromatic rings. The van der Waals surface area contributed by atoms with Crippen molar-refractivity contribution in [1.82, 2.24) is 20.4 Å². The second-order valence-corrected chi connectivity index (χ2v) is 6.74. The van der Waals surface area contributed by atoms with E-state index in [0.717, 1.165) is 13.0 Å². The fourth-order valence-electron chi connectivity index (χ4n) is 3.65. The van der Waals surface area contributed by atoms with Crippen molar-refractivity contribution in [3.05, 3.63) is 11.7 Å². The molecular formula is C15H24N4O2. The van der Waals surface area contributed by atoms with Gasteiger partial charge in [0, 0.05) is 13.0 Å². The summed E-state index contributed by atoms with van der Waals surface area (Å²) in [5.74, 6) is 1.16. The van der Waals surface area contributed by atoms with Gasteiger partial charge in [-0.05, 0) is 46.1 Å². The number of nitrogens with zero attached hydrogens (tertiary/aromatic N) is 3. The van der Waals surface area contributed by atoms with Gasteiger partial charge in [0.05, 0.1) is 11.6 Å². The molecule has 0 radical (unpaired) electrons. The molecule has 0 saturated carbocycles. The highest BCUT2D eigenvalue weighted by Gasteiger charge is 2.39. The van der Waals surface area contributed by atoms with E-state index in [1.165, 1.54) is 32.6 Å². The summed E-state index contributed by atoms with van der Waals surface area (Å²) in [5, 5.41) is 6.95. The number of amides is 1.